The first-order valence-electron chi connectivity index (χ1n) is 22.1. The molecule has 0 spiro atoms. The molecule has 0 aliphatic rings. The molecule has 47 heavy (non-hydrogen) atoms. The van der Waals surface area contributed by atoms with Gasteiger partial charge in [-0.05, 0) is 12.8 Å². The molecule has 0 amide bonds. The second kappa shape index (κ2) is 45.6. The molecule has 0 nitrogen and oxygen atoms in total. The van der Waals surface area contributed by atoms with E-state index in [0.29, 0.717) is 8.58 Å². The van der Waals surface area contributed by atoms with Gasteiger partial charge in [0, 0.05) is 21.4 Å². The number of hydrogen-bond acceptors (Lipinski definition) is 0. The summed E-state index contributed by atoms with van der Waals surface area (Å²) < 4.78 is 0. The summed E-state index contributed by atoms with van der Waals surface area (Å²) in [6, 6.07) is 0. The third kappa shape index (κ3) is 45.5. The fraction of sp³-hybridized carbons (Fsp3) is 0.913. The zero-order valence-corrected chi connectivity index (χ0v) is 33.8. The summed E-state index contributed by atoms with van der Waals surface area (Å²) in [6.07, 6.45) is 56.9. The molecule has 0 aliphatic carbocycles. The summed E-state index contributed by atoms with van der Waals surface area (Å²) in [7, 11) is 0.531. The van der Waals surface area contributed by atoms with Crippen LogP contribution in [0.3, 0.4) is 0 Å². The van der Waals surface area contributed by atoms with Gasteiger partial charge in [0.05, 0.1) is 0 Å². The van der Waals surface area contributed by atoms with Gasteiger partial charge in [-0.3, -0.25) is 0 Å². The highest BCUT2D eigenvalue weighted by atomic mass is 31.1. The van der Waals surface area contributed by atoms with Crippen LogP contribution >= 0.6 is 8.58 Å². The van der Waals surface area contributed by atoms with Gasteiger partial charge in [-0.1, -0.05) is 268 Å². The summed E-state index contributed by atoms with van der Waals surface area (Å²) >= 11 is 0. The van der Waals surface area contributed by atoms with E-state index in [4.69, 9.17) is 0 Å². The van der Waals surface area contributed by atoms with Gasteiger partial charge < -0.3 is 0 Å². The molecule has 0 fully saturated rings. The zero-order valence-electron chi connectivity index (χ0n) is 32.8. The van der Waals surface area contributed by atoms with Crippen LogP contribution in [0.25, 0.3) is 0 Å². The minimum absolute atomic E-state index is 0.531. The first kappa shape index (κ1) is 46.5. The summed E-state index contributed by atoms with van der Waals surface area (Å²) in [6.45, 7) is 4.61. The van der Waals surface area contributed by atoms with Crippen molar-refractivity contribution in [3.8, 4) is 23.2 Å². The topological polar surface area (TPSA) is 0 Å². The molecule has 1 heteroatoms. The molecule has 0 atom stereocenters. The fourth-order valence-corrected chi connectivity index (χ4v) is 7.32. The Morgan fingerprint density at radius 2 is 0.404 bits per heavy atom. The van der Waals surface area contributed by atoms with Crippen LogP contribution in [0.1, 0.15) is 271 Å². The van der Waals surface area contributed by atoms with Crippen molar-refractivity contribution in [1.82, 2.24) is 0 Å². The Kier molecular flexibility index (Phi) is 45.1. The lowest BCUT2D eigenvalue weighted by Gasteiger charge is -2.03. The molecule has 0 heterocycles. The molecule has 0 saturated heterocycles. The van der Waals surface area contributed by atoms with Crippen molar-refractivity contribution in [2.45, 2.75) is 271 Å². The van der Waals surface area contributed by atoms with Gasteiger partial charge in [0.15, 0.2) is 0 Å². The van der Waals surface area contributed by atoms with Gasteiger partial charge in [-0.25, -0.2) is 0 Å². The van der Waals surface area contributed by atoms with E-state index in [-0.39, 0.29) is 0 Å². The zero-order chi connectivity index (χ0) is 33.8. The van der Waals surface area contributed by atoms with E-state index in [1.54, 1.807) is 0 Å². The molecular weight excluding hydrogens is 583 g/mol. The van der Waals surface area contributed by atoms with Crippen LogP contribution in [0.2, 0.25) is 0 Å². The third-order valence-electron chi connectivity index (χ3n) is 10.1. The number of unbranched alkanes of at least 4 members (excludes halogenated alkanes) is 38. The molecule has 0 radical (unpaired) electrons. The van der Waals surface area contributed by atoms with E-state index in [9.17, 15) is 0 Å². The van der Waals surface area contributed by atoms with E-state index >= 15 is 0 Å². The normalized spacial score (nSPS) is 10.9. The molecule has 0 saturated carbocycles. The molecule has 0 aromatic rings. The Balaban J connectivity index is 3.18. The minimum atomic E-state index is 0.531. The third-order valence-corrected chi connectivity index (χ3v) is 10.7. The van der Waals surface area contributed by atoms with Crippen LogP contribution < -0.4 is 0 Å². The quantitative estimate of drug-likeness (QED) is 0.0348. The molecular formula is C46H87P. The predicted octanol–water partition coefficient (Wildman–Crippen LogP) is 17.2. The van der Waals surface area contributed by atoms with Gasteiger partial charge in [-0.15, -0.1) is 0 Å². The van der Waals surface area contributed by atoms with E-state index < -0.39 is 0 Å². The summed E-state index contributed by atoms with van der Waals surface area (Å²) in [5.41, 5.74) is 6.62. The highest BCUT2D eigenvalue weighted by Crippen LogP contribution is 2.17. The summed E-state index contributed by atoms with van der Waals surface area (Å²) in [5, 5.41) is 0. The van der Waals surface area contributed by atoms with Crippen molar-refractivity contribution >= 4 is 8.58 Å². The Morgan fingerprint density at radius 3 is 0.596 bits per heavy atom. The van der Waals surface area contributed by atoms with Gasteiger partial charge in [-0.2, -0.15) is 0 Å². The maximum atomic E-state index is 3.37. The van der Waals surface area contributed by atoms with Gasteiger partial charge in [0.2, 0.25) is 0 Å². The Bertz CT molecular complexity index is 615. The van der Waals surface area contributed by atoms with E-state index in [1.807, 2.05) is 0 Å². The first-order valence-corrected chi connectivity index (χ1v) is 23.1. The van der Waals surface area contributed by atoms with Gasteiger partial charge in [0.25, 0.3) is 0 Å². The average molecular weight is 671 g/mol. The van der Waals surface area contributed by atoms with Crippen molar-refractivity contribution in [1.29, 1.82) is 0 Å². The first-order chi connectivity index (χ1) is 23.4. The van der Waals surface area contributed by atoms with Crippen LogP contribution in [0, 0.1) is 23.2 Å². The van der Waals surface area contributed by atoms with Crippen molar-refractivity contribution in [3.63, 3.8) is 0 Å². The SMILES string of the molecule is CCCCCCCCCCCCCCCCCCCCCC#CPC#CCCCCCCCCCCCCCCCCCCCCC. The molecule has 0 N–H and O–H groups in total. The molecule has 0 aromatic carbocycles. The van der Waals surface area contributed by atoms with Gasteiger partial charge in [0.1, 0.15) is 0 Å². The van der Waals surface area contributed by atoms with E-state index in [2.05, 4.69) is 37.0 Å². The van der Waals surface area contributed by atoms with Crippen molar-refractivity contribution < 1.29 is 0 Å². The molecule has 276 valence electrons. The largest absolute Gasteiger partial charge is 0.0979 e. The van der Waals surface area contributed by atoms with Crippen LogP contribution in [-0.4, -0.2) is 0 Å². The van der Waals surface area contributed by atoms with Crippen LogP contribution in [0.15, 0.2) is 0 Å². The van der Waals surface area contributed by atoms with E-state index in [1.165, 1.54) is 244 Å². The summed E-state index contributed by atoms with van der Waals surface area (Å²) in [4.78, 5) is 0. The molecule has 0 bridgehead atoms. The van der Waals surface area contributed by atoms with Crippen LogP contribution in [0.5, 0.6) is 0 Å². The van der Waals surface area contributed by atoms with Gasteiger partial charge >= 0.3 is 0 Å². The smallest absolute Gasteiger partial charge is 0.0358 e. The lowest BCUT2D eigenvalue weighted by Crippen LogP contribution is -1.84. The van der Waals surface area contributed by atoms with Crippen LogP contribution in [0.4, 0.5) is 0 Å². The highest BCUT2D eigenvalue weighted by molar-refractivity contribution is 7.49. The lowest BCUT2D eigenvalue weighted by molar-refractivity contribution is 0.524. The lowest BCUT2D eigenvalue weighted by atomic mass is 10.0. The number of rotatable bonds is 38. The Morgan fingerprint density at radius 1 is 0.234 bits per heavy atom. The van der Waals surface area contributed by atoms with Crippen molar-refractivity contribution in [2.75, 3.05) is 0 Å². The Labute approximate surface area is 301 Å². The van der Waals surface area contributed by atoms with Crippen molar-refractivity contribution in [2.24, 2.45) is 0 Å². The van der Waals surface area contributed by atoms with Crippen LogP contribution in [-0.2, 0) is 0 Å². The maximum absolute atomic E-state index is 3.37. The minimum Gasteiger partial charge on any atom is -0.0979 e. The molecule has 0 unspecified atom stereocenters. The number of hydrogen-bond donors (Lipinski definition) is 0. The molecule has 0 rings (SSSR count). The predicted molar refractivity (Wildman–Crippen MR) is 220 cm³/mol. The van der Waals surface area contributed by atoms with Crippen molar-refractivity contribution in [3.05, 3.63) is 0 Å². The molecule has 0 aromatic heterocycles. The maximum Gasteiger partial charge on any atom is 0.0358 e. The average Bonchev–Trinajstić information content (AvgIpc) is 3.08. The van der Waals surface area contributed by atoms with E-state index in [0.717, 1.165) is 12.8 Å². The standard InChI is InChI=1S/C46H87P/c1-3-5-7-9-11-13-15-17-19-21-23-25-27-29-31-33-35-37-39-41-43-45-47-46-44-42-40-38-36-34-32-30-28-26-24-22-20-18-16-14-12-10-8-6-4-2/h47H,3-42H2,1-2H3. The Hall–Kier alpha value is -0.450. The second-order valence-electron chi connectivity index (χ2n) is 15.0. The monoisotopic (exact) mass is 671 g/mol. The molecule has 0 aliphatic heterocycles. The highest BCUT2D eigenvalue weighted by Gasteiger charge is 1.97. The fourth-order valence-electron chi connectivity index (χ4n) is 6.83. The second-order valence-corrected chi connectivity index (χ2v) is 15.7. The summed E-state index contributed by atoms with van der Waals surface area (Å²) in [5.74, 6) is 6.73.